The van der Waals surface area contributed by atoms with Crippen LogP contribution in [0.5, 0.6) is 0 Å². The predicted octanol–water partition coefficient (Wildman–Crippen LogP) is 2.88. The summed E-state index contributed by atoms with van der Waals surface area (Å²) in [5.41, 5.74) is 2.72. The summed E-state index contributed by atoms with van der Waals surface area (Å²) in [7, 11) is 0. The Balaban J connectivity index is 1.37. The van der Waals surface area contributed by atoms with E-state index < -0.39 is 0 Å². The molecule has 8 heteroatoms. The highest BCUT2D eigenvalue weighted by Gasteiger charge is 2.17. The Kier molecular flexibility index (Phi) is 6.06. The van der Waals surface area contributed by atoms with Crippen molar-refractivity contribution >= 4 is 17.4 Å². The molecule has 0 atom stereocenters. The molecular formula is C23H26N6O2. The fourth-order valence-corrected chi connectivity index (χ4v) is 3.60. The summed E-state index contributed by atoms with van der Waals surface area (Å²) in [5, 5.41) is 11.6. The highest BCUT2D eigenvalue weighted by atomic mass is 16.2. The molecule has 0 saturated carbocycles. The van der Waals surface area contributed by atoms with E-state index in [2.05, 4.69) is 32.3 Å². The zero-order valence-corrected chi connectivity index (χ0v) is 17.8. The van der Waals surface area contributed by atoms with E-state index in [1.54, 1.807) is 6.92 Å². The Bertz CT molecular complexity index is 1100. The summed E-state index contributed by atoms with van der Waals surface area (Å²) in [4.78, 5) is 30.5. The van der Waals surface area contributed by atoms with Crippen molar-refractivity contribution in [2.45, 2.75) is 33.2 Å². The first-order valence-electron chi connectivity index (χ1n) is 10.5. The van der Waals surface area contributed by atoms with Crippen molar-refractivity contribution in [3.63, 3.8) is 0 Å². The molecule has 31 heavy (non-hydrogen) atoms. The van der Waals surface area contributed by atoms with Crippen molar-refractivity contribution in [2.24, 2.45) is 5.92 Å². The predicted molar refractivity (Wildman–Crippen MR) is 120 cm³/mol. The quantitative estimate of drug-likeness (QED) is 0.685. The third-order valence-corrected chi connectivity index (χ3v) is 5.55. The number of benzene rings is 1. The molecule has 1 aliphatic heterocycles. The first-order chi connectivity index (χ1) is 15.0. The number of aromatic nitrogens is 4. The molecule has 1 N–H and O–H groups in total. The van der Waals surface area contributed by atoms with Gasteiger partial charge in [0.15, 0.2) is 5.82 Å². The fraction of sp³-hybridized carbons (Fsp3) is 0.348. The number of hydrogen-bond acceptors (Lipinski definition) is 6. The molecule has 0 spiro atoms. The van der Waals surface area contributed by atoms with Crippen molar-refractivity contribution in [3.8, 4) is 11.3 Å². The zero-order valence-electron chi connectivity index (χ0n) is 17.8. The number of carbonyl (C=O) groups excluding carboxylic acids is 1. The molecule has 0 bridgehead atoms. The summed E-state index contributed by atoms with van der Waals surface area (Å²) in [6.07, 6.45) is 3.75. The molecule has 1 aliphatic rings. The maximum Gasteiger partial charge on any atom is 0.253 e. The Hall–Kier alpha value is -3.55. The summed E-state index contributed by atoms with van der Waals surface area (Å²) in [6, 6.07) is 12.8. The fourth-order valence-electron chi connectivity index (χ4n) is 3.60. The van der Waals surface area contributed by atoms with Crippen LogP contribution >= 0.6 is 0 Å². The van der Waals surface area contributed by atoms with E-state index in [0.29, 0.717) is 11.4 Å². The van der Waals surface area contributed by atoms with E-state index in [4.69, 9.17) is 0 Å². The highest BCUT2D eigenvalue weighted by Crippen LogP contribution is 2.23. The maximum atomic E-state index is 12.3. The van der Waals surface area contributed by atoms with E-state index in [0.717, 1.165) is 36.1 Å². The number of amides is 1. The van der Waals surface area contributed by atoms with Gasteiger partial charge >= 0.3 is 0 Å². The molecule has 3 heterocycles. The van der Waals surface area contributed by atoms with Crippen molar-refractivity contribution < 1.29 is 4.79 Å². The monoisotopic (exact) mass is 418 g/mol. The van der Waals surface area contributed by atoms with Gasteiger partial charge in [-0.25, -0.2) is 4.98 Å². The molecule has 0 unspecified atom stereocenters. The van der Waals surface area contributed by atoms with Gasteiger partial charge in [-0.15, -0.1) is 10.2 Å². The largest absolute Gasteiger partial charge is 0.355 e. The lowest BCUT2D eigenvalue weighted by Gasteiger charge is -2.30. The molecule has 4 rings (SSSR count). The van der Waals surface area contributed by atoms with E-state index in [9.17, 15) is 9.59 Å². The van der Waals surface area contributed by atoms with Crippen LogP contribution in [0.15, 0.2) is 53.6 Å². The van der Waals surface area contributed by atoms with Crippen molar-refractivity contribution in [1.82, 2.24) is 19.7 Å². The number of piperidine rings is 1. The van der Waals surface area contributed by atoms with Crippen LogP contribution in [-0.2, 0) is 11.3 Å². The van der Waals surface area contributed by atoms with E-state index >= 15 is 0 Å². The Morgan fingerprint density at radius 3 is 2.48 bits per heavy atom. The third kappa shape index (κ3) is 5.14. The molecule has 0 radical (unpaired) electrons. The average Bonchev–Trinajstić information content (AvgIpc) is 2.77. The topological polar surface area (TPSA) is 93.0 Å². The molecule has 2 aromatic heterocycles. The van der Waals surface area contributed by atoms with Crippen molar-refractivity contribution in [1.29, 1.82) is 0 Å². The number of anilines is 2. The van der Waals surface area contributed by atoms with Crippen LogP contribution in [0.2, 0.25) is 0 Å². The lowest BCUT2D eigenvalue weighted by molar-refractivity contribution is -0.116. The van der Waals surface area contributed by atoms with Gasteiger partial charge in [0.2, 0.25) is 5.91 Å². The molecule has 160 valence electrons. The van der Waals surface area contributed by atoms with Gasteiger partial charge in [-0.3, -0.25) is 14.2 Å². The highest BCUT2D eigenvalue weighted by molar-refractivity contribution is 5.90. The summed E-state index contributed by atoms with van der Waals surface area (Å²) in [6.45, 7) is 5.98. The number of nitrogens with zero attached hydrogens (tertiary/aromatic N) is 5. The van der Waals surface area contributed by atoms with E-state index in [-0.39, 0.29) is 18.0 Å². The number of nitrogens with one attached hydrogen (secondary N) is 1. The van der Waals surface area contributed by atoms with Gasteiger partial charge in [-0.2, -0.15) is 0 Å². The normalized spacial score (nSPS) is 14.5. The number of hydrogen-bond donors (Lipinski definition) is 1. The van der Waals surface area contributed by atoms with Gasteiger partial charge in [-0.1, -0.05) is 19.1 Å². The van der Waals surface area contributed by atoms with E-state index in [1.807, 2.05) is 36.4 Å². The zero-order chi connectivity index (χ0) is 21.8. The van der Waals surface area contributed by atoms with Crippen LogP contribution in [0.25, 0.3) is 11.3 Å². The van der Waals surface area contributed by atoms with Crippen molar-refractivity contribution in [3.05, 3.63) is 64.8 Å². The van der Waals surface area contributed by atoms with Crippen LogP contribution in [0.1, 0.15) is 25.5 Å². The SMILES string of the molecule is Cc1cc(=O)n(CC(=O)Nc2ccc(-c3ccc(N4CCC(C)CC4)nn3)cc2)cn1. The number of aryl methyl sites for hydroxylation is 1. The van der Waals surface area contributed by atoms with Crippen LogP contribution in [0, 0.1) is 12.8 Å². The maximum absolute atomic E-state index is 12.3. The lowest BCUT2D eigenvalue weighted by Crippen LogP contribution is -2.33. The summed E-state index contributed by atoms with van der Waals surface area (Å²) >= 11 is 0. The first-order valence-corrected chi connectivity index (χ1v) is 10.5. The molecule has 1 amide bonds. The second kappa shape index (κ2) is 9.07. The molecule has 3 aromatic rings. The lowest BCUT2D eigenvalue weighted by atomic mass is 9.99. The Labute approximate surface area is 181 Å². The van der Waals surface area contributed by atoms with Gasteiger partial charge in [0.05, 0.1) is 12.0 Å². The van der Waals surface area contributed by atoms with Gasteiger partial charge < -0.3 is 10.2 Å². The molecule has 1 saturated heterocycles. The third-order valence-electron chi connectivity index (χ3n) is 5.55. The molecule has 1 aromatic carbocycles. The smallest absolute Gasteiger partial charge is 0.253 e. The molecular weight excluding hydrogens is 392 g/mol. The summed E-state index contributed by atoms with van der Waals surface area (Å²) in [5.74, 6) is 1.40. The number of rotatable bonds is 5. The Morgan fingerprint density at radius 1 is 1.10 bits per heavy atom. The van der Waals surface area contributed by atoms with Crippen molar-refractivity contribution in [2.75, 3.05) is 23.3 Å². The van der Waals surface area contributed by atoms with E-state index in [1.165, 1.54) is 29.8 Å². The minimum absolute atomic E-state index is 0.0872. The second-order valence-corrected chi connectivity index (χ2v) is 8.07. The van der Waals surface area contributed by atoms with Crippen LogP contribution in [-0.4, -0.2) is 38.7 Å². The average molecular weight is 419 g/mol. The standard InChI is InChI=1S/C23H26N6O2/c1-16-9-11-28(12-10-16)21-8-7-20(26-27-21)18-3-5-19(6-4-18)25-22(30)14-29-15-24-17(2)13-23(29)31/h3-8,13,15-16H,9-12,14H2,1-2H3,(H,25,30). The van der Waals surface area contributed by atoms with Gasteiger partial charge in [0, 0.05) is 36.1 Å². The second-order valence-electron chi connectivity index (χ2n) is 8.07. The Morgan fingerprint density at radius 2 is 1.84 bits per heavy atom. The van der Waals surface area contributed by atoms with Crippen LogP contribution in [0.4, 0.5) is 11.5 Å². The molecule has 1 fully saturated rings. The first kappa shape index (κ1) is 20.7. The number of carbonyl (C=O) groups is 1. The van der Waals surface area contributed by atoms with Gasteiger partial charge in [0.1, 0.15) is 6.54 Å². The minimum Gasteiger partial charge on any atom is -0.355 e. The van der Waals surface area contributed by atoms with Gasteiger partial charge in [-0.05, 0) is 49.9 Å². The van der Waals surface area contributed by atoms with Crippen LogP contribution < -0.4 is 15.8 Å². The molecule has 8 nitrogen and oxygen atoms in total. The minimum atomic E-state index is -0.291. The van der Waals surface area contributed by atoms with Gasteiger partial charge in [0.25, 0.3) is 5.56 Å². The summed E-state index contributed by atoms with van der Waals surface area (Å²) < 4.78 is 1.27. The van der Waals surface area contributed by atoms with Crippen LogP contribution in [0.3, 0.4) is 0 Å². The molecule has 0 aliphatic carbocycles.